The maximum absolute atomic E-state index is 13.3. The Kier molecular flexibility index (Phi) is 21.3. The summed E-state index contributed by atoms with van der Waals surface area (Å²) < 4.78 is 69.5. The van der Waals surface area contributed by atoms with Crippen LogP contribution in [-0.4, -0.2) is 93.8 Å². The highest BCUT2D eigenvalue weighted by molar-refractivity contribution is 7.47. The van der Waals surface area contributed by atoms with E-state index in [2.05, 4.69) is 22.0 Å². The summed E-state index contributed by atoms with van der Waals surface area (Å²) in [5.41, 5.74) is 5.31. The summed E-state index contributed by atoms with van der Waals surface area (Å²) in [4.78, 5) is 18.6. The van der Waals surface area contributed by atoms with Gasteiger partial charge in [-0.05, 0) is 30.2 Å². The lowest BCUT2D eigenvalue weighted by Crippen LogP contribution is -2.43. The molecule has 1 aromatic carbocycles. The first-order valence-electron chi connectivity index (χ1n) is 21.3. The molecule has 14 nitrogen and oxygen atoms in total. The normalized spacial score (nSPS) is 21.3. The third kappa shape index (κ3) is 15.5. The molecule has 0 bridgehead atoms. The molecular formula is C42H66F2N5O9P. The zero-order valence-electron chi connectivity index (χ0n) is 34.7. The van der Waals surface area contributed by atoms with Crippen molar-refractivity contribution in [3.8, 4) is 0 Å². The number of unbranched alkanes of at least 4 members (excludes halogenated alkanes) is 15. The number of fused-ring (bicyclic) bond motifs is 1. The van der Waals surface area contributed by atoms with Crippen molar-refractivity contribution in [2.75, 3.05) is 39.2 Å². The Morgan fingerprint density at radius 1 is 0.949 bits per heavy atom. The Bertz CT molecular complexity index is 1720. The van der Waals surface area contributed by atoms with Gasteiger partial charge in [-0.3, -0.25) is 14.0 Å². The summed E-state index contributed by atoms with van der Waals surface area (Å²) in [6.07, 6.45) is 14.7. The smallest absolute Gasteiger partial charge is 0.387 e. The largest absolute Gasteiger partial charge is 0.472 e. The number of aliphatic hydroxyl groups is 2. The molecule has 0 radical (unpaired) electrons. The van der Waals surface area contributed by atoms with E-state index in [-0.39, 0.29) is 30.3 Å². The Hall–Kier alpha value is -2.92. The quantitative estimate of drug-likeness (QED) is 0.0276. The van der Waals surface area contributed by atoms with Gasteiger partial charge in [0.1, 0.15) is 36.3 Å². The number of aliphatic imine (C=N–C) groups is 1. The molecule has 1 aliphatic rings. The Labute approximate surface area is 347 Å². The number of nitrogens with two attached hydrogens (primary N) is 1. The number of aliphatic hydroxyl groups excluding tert-OH is 2. The number of alkyl halides is 2. The van der Waals surface area contributed by atoms with Gasteiger partial charge in [0, 0.05) is 25.4 Å². The maximum Gasteiger partial charge on any atom is 0.472 e. The zero-order valence-corrected chi connectivity index (χ0v) is 35.6. The van der Waals surface area contributed by atoms with E-state index >= 15 is 0 Å². The summed E-state index contributed by atoms with van der Waals surface area (Å²) in [5.74, 6) is 0.177. The second kappa shape index (κ2) is 25.8. The van der Waals surface area contributed by atoms with Crippen molar-refractivity contribution in [3.05, 3.63) is 59.5 Å². The average molecular weight is 854 g/mol. The Morgan fingerprint density at radius 2 is 1.59 bits per heavy atom. The molecule has 0 spiro atoms. The molecule has 1 saturated heterocycles. The molecule has 1 unspecified atom stereocenters. The highest BCUT2D eigenvalue weighted by Gasteiger charge is 2.56. The standard InChI is InChI=1S/C42H66F2N5O9P/c1-3-4-5-6-7-8-9-10-11-12-13-14-15-16-17-18-24-54-27-34(55-26-32-20-19-21-33(25-32)40(43)44)28-56-59(52,53)57-29-36-38(50)39(51)42(58-36,30-46-2)37-23-22-35-41(45)47-31-48-49(35)37/h19-23,25,30-31,34,36,38-40,50-51H,3-18,24,26-29H2,1-2H3,(H,52,53)(H2,45,47,48)/t34-,36-,38-,39-,42+/m1/s1. The van der Waals surface area contributed by atoms with Crippen LogP contribution in [0.4, 0.5) is 14.6 Å². The topological polar surface area (TPSA) is 192 Å². The molecule has 6 atom stereocenters. The van der Waals surface area contributed by atoms with Crippen LogP contribution in [0.5, 0.6) is 0 Å². The first kappa shape index (κ1) is 48.7. The van der Waals surface area contributed by atoms with Crippen molar-refractivity contribution in [1.82, 2.24) is 14.6 Å². The van der Waals surface area contributed by atoms with E-state index in [9.17, 15) is 28.5 Å². The number of anilines is 1. The average Bonchev–Trinajstić information content (AvgIpc) is 3.77. The fourth-order valence-electron chi connectivity index (χ4n) is 7.33. The molecule has 17 heteroatoms. The third-order valence-corrected chi connectivity index (χ3v) is 11.6. The van der Waals surface area contributed by atoms with E-state index in [0.29, 0.717) is 17.7 Å². The number of rotatable bonds is 31. The molecule has 3 heterocycles. The second-order valence-electron chi connectivity index (χ2n) is 15.4. The summed E-state index contributed by atoms with van der Waals surface area (Å²) >= 11 is 0. The number of nitrogens with zero attached hydrogens (tertiary/aromatic N) is 4. The van der Waals surface area contributed by atoms with Gasteiger partial charge in [-0.2, -0.15) is 5.10 Å². The van der Waals surface area contributed by atoms with Crippen LogP contribution >= 0.6 is 7.82 Å². The number of hydrogen-bond donors (Lipinski definition) is 4. The van der Waals surface area contributed by atoms with Crippen LogP contribution in [-0.2, 0) is 40.0 Å². The molecule has 5 N–H and O–H groups in total. The third-order valence-electron chi connectivity index (χ3n) is 10.7. The predicted octanol–water partition coefficient (Wildman–Crippen LogP) is 8.26. The lowest BCUT2D eigenvalue weighted by atomic mass is 9.92. The predicted molar refractivity (Wildman–Crippen MR) is 222 cm³/mol. The molecule has 1 aliphatic heterocycles. The SMILES string of the molecule is CCCCCCCCCCCCCCCCCCOC[C@H](COP(=O)(O)OC[C@H]1O[C@@](C=NC)(c2ccc3c(N)ncnn23)[C@H](O)[C@@H]1O)OCc1cccc(C(F)F)c1. The highest BCUT2D eigenvalue weighted by Crippen LogP contribution is 2.46. The molecule has 2 aromatic heterocycles. The maximum atomic E-state index is 13.3. The first-order chi connectivity index (χ1) is 28.5. The van der Waals surface area contributed by atoms with E-state index in [1.807, 2.05) is 0 Å². The van der Waals surface area contributed by atoms with Gasteiger partial charge in [0.15, 0.2) is 11.4 Å². The van der Waals surface area contributed by atoms with Crippen LogP contribution < -0.4 is 5.73 Å². The van der Waals surface area contributed by atoms with Gasteiger partial charge in [0.25, 0.3) is 6.43 Å². The van der Waals surface area contributed by atoms with Crippen molar-refractivity contribution in [2.45, 2.75) is 153 Å². The van der Waals surface area contributed by atoms with Gasteiger partial charge in [0.05, 0.1) is 32.1 Å². The summed E-state index contributed by atoms with van der Waals surface area (Å²) in [6, 6.07) is 9.02. The minimum absolute atomic E-state index is 0.0160. The van der Waals surface area contributed by atoms with Crippen molar-refractivity contribution >= 4 is 25.4 Å². The van der Waals surface area contributed by atoms with Gasteiger partial charge in [-0.1, -0.05) is 121 Å². The van der Waals surface area contributed by atoms with Gasteiger partial charge >= 0.3 is 7.82 Å². The van der Waals surface area contributed by atoms with Gasteiger partial charge in [0.2, 0.25) is 0 Å². The Balaban J connectivity index is 1.21. The minimum Gasteiger partial charge on any atom is -0.387 e. The van der Waals surface area contributed by atoms with Crippen molar-refractivity contribution in [2.24, 2.45) is 4.99 Å². The number of nitrogen functional groups attached to an aromatic ring is 1. The summed E-state index contributed by atoms with van der Waals surface area (Å²) in [7, 11) is -3.33. The summed E-state index contributed by atoms with van der Waals surface area (Å²) in [6.45, 7) is 1.57. The number of ether oxygens (including phenoxy) is 3. The molecule has 4 rings (SSSR count). The fraction of sp³-hybridized carbons (Fsp3) is 0.690. The van der Waals surface area contributed by atoms with Crippen molar-refractivity contribution < 1.29 is 51.7 Å². The van der Waals surface area contributed by atoms with E-state index in [1.54, 1.807) is 18.2 Å². The second-order valence-corrected chi connectivity index (χ2v) is 16.8. The number of benzene rings is 1. The fourth-order valence-corrected chi connectivity index (χ4v) is 8.10. The van der Waals surface area contributed by atoms with Crippen molar-refractivity contribution in [3.63, 3.8) is 0 Å². The zero-order chi connectivity index (χ0) is 42.5. The molecule has 0 saturated carbocycles. The van der Waals surface area contributed by atoms with Crippen LogP contribution in [0.25, 0.3) is 5.52 Å². The first-order valence-corrected chi connectivity index (χ1v) is 22.7. The van der Waals surface area contributed by atoms with Crippen LogP contribution in [0.1, 0.15) is 133 Å². The van der Waals surface area contributed by atoms with E-state index in [0.717, 1.165) is 19.3 Å². The number of phosphoric acid groups is 1. The van der Waals surface area contributed by atoms with Crippen molar-refractivity contribution in [1.29, 1.82) is 0 Å². The molecule has 332 valence electrons. The molecule has 1 fully saturated rings. The van der Waals surface area contributed by atoms with Crippen LogP contribution in [0, 0.1) is 0 Å². The number of phosphoric ester groups is 1. The van der Waals surface area contributed by atoms with E-state index in [4.69, 9.17) is 29.0 Å². The van der Waals surface area contributed by atoms with Gasteiger partial charge in [-0.15, -0.1) is 0 Å². The molecular weight excluding hydrogens is 787 g/mol. The molecule has 0 aliphatic carbocycles. The molecule has 59 heavy (non-hydrogen) atoms. The van der Waals surface area contributed by atoms with E-state index in [1.165, 1.54) is 126 Å². The van der Waals surface area contributed by atoms with Crippen LogP contribution in [0.3, 0.4) is 0 Å². The monoisotopic (exact) mass is 853 g/mol. The minimum atomic E-state index is -4.79. The van der Waals surface area contributed by atoms with E-state index < -0.39 is 57.5 Å². The summed E-state index contributed by atoms with van der Waals surface area (Å²) in [5, 5.41) is 26.4. The Morgan fingerprint density at radius 3 is 2.22 bits per heavy atom. The number of aromatic nitrogens is 3. The van der Waals surface area contributed by atoms with Gasteiger partial charge in [-0.25, -0.2) is 22.8 Å². The highest BCUT2D eigenvalue weighted by atomic mass is 31.2. The van der Waals surface area contributed by atoms with Crippen LogP contribution in [0.15, 0.2) is 47.7 Å². The molecule has 3 aromatic rings. The number of halogens is 2. The lowest BCUT2D eigenvalue weighted by molar-refractivity contribution is -0.0626. The molecule has 0 amide bonds. The van der Waals surface area contributed by atoms with Gasteiger partial charge < -0.3 is 35.1 Å². The number of hydrogen-bond acceptors (Lipinski definition) is 12. The van der Waals surface area contributed by atoms with Crippen LogP contribution in [0.2, 0.25) is 0 Å². The lowest BCUT2D eigenvalue weighted by Gasteiger charge is -2.27.